The molecule has 0 aliphatic carbocycles. The maximum Gasteiger partial charge on any atom is 0.319 e. The third-order valence-electron chi connectivity index (χ3n) is 4.38. The van der Waals surface area contributed by atoms with Gasteiger partial charge in [0.2, 0.25) is 0 Å². The molecule has 1 aromatic heterocycles. The van der Waals surface area contributed by atoms with E-state index < -0.39 is 0 Å². The predicted octanol–water partition coefficient (Wildman–Crippen LogP) is 4.20. The van der Waals surface area contributed by atoms with Crippen molar-refractivity contribution in [3.05, 3.63) is 41.5 Å². The first-order valence-corrected chi connectivity index (χ1v) is 9.30. The number of hydrogen-bond acceptors (Lipinski definition) is 3. The Morgan fingerprint density at radius 3 is 2.65 bits per heavy atom. The lowest BCUT2D eigenvalue weighted by Gasteiger charge is -2.14. The van der Waals surface area contributed by atoms with E-state index in [2.05, 4.69) is 34.0 Å². The first kappa shape index (κ1) is 19.8. The molecule has 0 unspecified atom stereocenters. The van der Waals surface area contributed by atoms with Gasteiger partial charge in [-0.1, -0.05) is 25.5 Å². The second kappa shape index (κ2) is 9.85. The van der Waals surface area contributed by atoms with E-state index in [1.807, 2.05) is 38.1 Å². The number of urea groups is 1. The number of hydrogen-bond donors (Lipinski definition) is 2. The van der Waals surface area contributed by atoms with E-state index >= 15 is 0 Å². The number of rotatable bonds is 9. The van der Waals surface area contributed by atoms with Gasteiger partial charge in [0.25, 0.3) is 0 Å². The Balaban J connectivity index is 1.85. The summed E-state index contributed by atoms with van der Waals surface area (Å²) in [6.45, 7) is 10.4. The summed E-state index contributed by atoms with van der Waals surface area (Å²) >= 11 is 0. The summed E-state index contributed by atoms with van der Waals surface area (Å²) in [5.41, 5.74) is 2.97. The fraction of sp³-hybridized carbons (Fsp3) is 0.500. The van der Waals surface area contributed by atoms with Crippen LogP contribution in [0.15, 0.2) is 24.3 Å². The molecule has 0 saturated heterocycles. The van der Waals surface area contributed by atoms with Crippen LogP contribution in [0, 0.1) is 20.8 Å². The van der Waals surface area contributed by atoms with Crippen LogP contribution >= 0.6 is 0 Å². The lowest BCUT2D eigenvalue weighted by atomic mass is 10.3. The van der Waals surface area contributed by atoms with Gasteiger partial charge in [0.05, 0.1) is 18.0 Å². The Hall–Kier alpha value is -2.50. The van der Waals surface area contributed by atoms with Crippen LogP contribution in [0.3, 0.4) is 0 Å². The Labute approximate surface area is 156 Å². The molecule has 26 heavy (non-hydrogen) atoms. The summed E-state index contributed by atoms with van der Waals surface area (Å²) in [7, 11) is 0. The summed E-state index contributed by atoms with van der Waals surface area (Å²) in [5, 5.41) is 5.71. The van der Waals surface area contributed by atoms with Gasteiger partial charge in [0, 0.05) is 18.8 Å². The van der Waals surface area contributed by atoms with Crippen molar-refractivity contribution in [2.45, 2.75) is 53.5 Å². The molecule has 142 valence electrons. The van der Waals surface area contributed by atoms with Gasteiger partial charge in [-0.15, -0.1) is 0 Å². The SMILES string of the molecule is CCCCNC(=O)Nc1ccccc1OCCCn1c(C)nc(C)c1C. The van der Waals surface area contributed by atoms with Crippen molar-refractivity contribution in [1.29, 1.82) is 0 Å². The fourth-order valence-corrected chi connectivity index (χ4v) is 2.80. The molecule has 6 heteroatoms. The molecule has 0 spiro atoms. The largest absolute Gasteiger partial charge is 0.491 e. The number of nitrogens with zero attached hydrogens (tertiary/aromatic N) is 2. The minimum Gasteiger partial charge on any atom is -0.491 e. The molecular weight excluding hydrogens is 328 g/mol. The predicted molar refractivity (Wildman–Crippen MR) is 105 cm³/mol. The highest BCUT2D eigenvalue weighted by atomic mass is 16.5. The number of unbranched alkanes of at least 4 members (excludes halogenated alkanes) is 1. The molecule has 0 aliphatic rings. The Morgan fingerprint density at radius 1 is 1.19 bits per heavy atom. The van der Waals surface area contributed by atoms with Crippen molar-refractivity contribution in [2.75, 3.05) is 18.5 Å². The molecule has 2 N–H and O–H groups in total. The van der Waals surface area contributed by atoms with E-state index in [0.717, 1.165) is 37.3 Å². The van der Waals surface area contributed by atoms with Crippen LogP contribution in [-0.2, 0) is 6.54 Å². The Kier molecular flexibility index (Phi) is 7.51. The number of ether oxygens (including phenoxy) is 1. The zero-order chi connectivity index (χ0) is 18.9. The molecule has 0 fully saturated rings. The molecule has 1 aromatic carbocycles. The number of amides is 2. The average molecular weight is 358 g/mol. The summed E-state index contributed by atoms with van der Waals surface area (Å²) in [6.07, 6.45) is 2.89. The minimum absolute atomic E-state index is 0.199. The van der Waals surface area contributed by atoms with E-state index in [1.54, 1.807) is 0 Å². The maximum absolute atomic E-state index is 11.9. The van der Waals surface area contributed by atoms with E-state index in [4.69, 9.17) is 4.74 Å². The number of nitrogens with one attached hydrogen (secondary N) is 2. The van der Waals surface area contributed by atoms with Crippen molar-refractivity contribution < 1.29 is 9.53 Å². The van der Waals surface area contributed by atoms with Gasteiger partial charge < -0.3 is 19.9 Å². The van der Waals surface area contributed by atoms with E-state index in [0.29, 0.717) is 24.6 Å². The van der Waals surface area contributed by atoms with Crippen molar-refractivity contribution in [3.8, 4) is 5.75 Å². The van der Waals surface area contributed by atoms with Gasteiger partial charge in [0.1, 0.15) is 11.6 Å². The van der Waals surface area contributed by atoms with Crippen molar-refractivity contribution in [1.82, 2.24) is 14.9 Å². The topological polar surface area (TPSA) is 68.2 Å². The summed E-state index contributed by atoms with van der Waals surface area (Å²) in [5.74, 6) is 1.72. The van der Waals surface area contributed by atoms with Crippen molar-refractivity contribution in [2.24, 2.45) is 0 Å². The molecule has 0 atom stereocenters. The van der Waals surface area contributed by atoms with Gasteiger partial charge >= 0.3 is 6.03 Å². The normalized spacial score (nSPS) is 10.6. The highest BCUT2D eigenvalue weighted by Crippen LogP contribution is 2.24. The maximum atomic E-state index is 11.9. The van der Waals surface area contributed by atoms with E-state index in [9.17, 15) is 4.79 Å². The van der Waals surface area contributed by atoms with Crippen LogP contribution in [-0.4, -0.2) is 28.7 Å². The van der Waals surface area contributed by atoms with Crippen LogP contribution in [0.2, 0.25) is 0 Å². The first-order valence-electron chi connectivity index (χ1n) is 9.30. The monoisotopic (exact) mass is 358 g/mol. The second-order valence-corrected chi connectivity index (χ2v) is 6.41. The summed E-state index contributed by atoms with van der Waals surface area (Å²) < 4.78 is 8.11. The molecule has 0 radical (unpaired) electrons. The summed E-state index contributed by atoms with van der Waals surface area (Å²) in [6, 6.07) is 7.31. The van der Waals surface area contributed by atoms with Crippen LogP contribution in [0.4, 0.5) is 10.5 Å². The second-order valence-electron chi connectivity index (χ2n) is 6.41. The molecule has 2 rings (SSSR count). The van der Waals surface area contributed by atoms with E-state index in [1.165, 1.54) is 5.69 Å². The highest BCUT2D eigenvalue weighted by Gasteiger charge is 2.09. The number of carbonyl (C=O) groups excluding carboxylic acids is 1. The van der Waals surface area contributed by atoms with Crippen LogP contribution in [0.25, 0.3) is 0 Å². The third-order valence-corrected chi connectivity index (χ3v) is 4.38. The van der Waals surface area contributed by atoms with Gasteiger partial charge in [-0.3, -0.25) is 0 Å². The lowest BCUT2D eigenvalue weighted by molar-refractivity contribution is 0.251. The van der Waals surface area contributed by atoms with Crippen molar-refractivity contribution >= 4 is 11.7 Å². The number of para-hydroxylation sites is 2. The molecule has 2 aromatic rings. The molecule has 6 nitrogen and oxygen atoms in total. The van der Waals surface area contributed by atoms with Crippen LogP contribution < -0.4 is 15.4 Å². The highest BCUT2D eigenvalue weighted by molar-refractivity contribution is 5.90. The molecule has 0 saturated carbocycles. The number of benzene rings is 1. The molecule has 2 amide bonds. The zero-order valence-corrected chi connectivity index (χ0v) is 16.3. The number of carbonyl (C=O) groups is 1. The minimum atomic E-state index is -0.199. The molecular formula is C20H30N4O2. The van der Waals surface area contributed by atoms with Gasteiger partial charge in [0.15, 0.2) is 0 Å². The zero-order valence-electron chi connectivity index (χ0n) is 16.3. The number of anilines is 1. The fourth-order valence-electron chi connectivity index (χ4n) is 2.80. The standard InChI is InChI=1S/C20H30N4O2/c1-5-6-12-21-20(25)23-18-10-7-8-11-19(18)26-14-9-13-24-16(3)15(2)22-17(24)4/h7-8,10-11H,5-6,9,12-14H2,1-4H3,(H2,21,23,25). The number of imidazole rings is 1. The van der Waals surface area contributed by atoms with Gasteiger partial charge in [-0.05, 0) is 45.7 Å². The lowest BCUT2D eigenvalue weighted by Crippen LogP contribution is -2.29. The molecule has 1 heterocycles. The molecule has 0 bridgehead atoms. The van der Waals surface area contributed by atoms with Crippen LogP contribution in [0.1, 0.15) is 43.4 Å². The van der Waals surface area contributed by atoms with Gasteiger partial charge in [-0.25, -0.2) is 9.78 Å². The van der Waals surface area contributed by atoms with Gasteiger partial charge in [-0.2, -0.15) is 0 Å². The van der Waals surface area contributed by atoms with E-state index in [-0.39, 0.29) is 6.03 Å². The Morgan fingerprint density at radius 2 is 1.96 bits per heavy atom. The molecule has 0 aliphatic heterocycles. The Bertz CT molecular complexity index is 725. The smallest absolute Gasteiger partial charge is 0.319 e. The number of aryl methyl sites for hydroxylation is 2. The number of aromatic nitrogens is 2. The van der Waals surface area contributed by atoms with Crippen LogP contribution in [0.5, 0.6) is 5.75 Å². The summed E-state index contributed by atoms with van der Waals surface area (Å²) in [4.78, 5) is 16.4. The quantitative estimate of drug-likeness (QED) is 0.660. The van der Waals surface area contributed by atoms with Crippen molar-refractivity contribution in [3.63, 3.8) is 0 Å². The first-order chi connectivity index (χ1) is 12.5. The third kappa shape index (κ3) is 5.51. The average Bonchev–Trinajstić information content (AvgIpc) is 2.86.